The molecule has 164 valence electrons. The quantitative estimate of drug-likeness (QED) is 0.332. The minimum Gasteiger partial charge on any atom is -0.465 e. The summed E-state index contributed by atoms with van der Waals surface area (Å²) in [5.74, 6) is -1.17. The van der Waals surface area contributed by atoms with Gasteiger partial charge in [-0.15, -0.1) is 0 Å². The molecule has 0 N–H and O–H groups in total. The molecule has 0 atom stereocenters. The lowest BCUT2D eigenvalue weighted by Gasteiger charge is -2.24. The van der Waals surface area contributed by atoms with Crippen molar-refractivity contribution in [3.05, 3.63) is 108 Å². The molecular weight excluding hydrogens is 412 g/mol. The van der Waals surface area contributed by atoms with Crippen LogP contribution in [-0.2, 0) is 9.47 Å². The van der Waals surface area contributed by atoms with E-state index < -0.39 is 11.9 Å². The topological polar surface area (TPSA) is 52.6 Å². The van der Waals surface area contributed by atoms with Crippen LogP contribution in [0.4, 0.5) is 0 Å². The van der Waals surface area contributed by atoms with Gasteiger partial charge in [0.2, 0.25) is 0 Å². The standard InChI is InChI=1S/C29H24O4/c1-19-23(20-13-7-4-8-14-20)25(21-15-9-5-10-16-21)26(22-17-11-6-12-18-22)27(29(31)33-3)24(19)28(30)32-2/h4-18H,1-3H3. The third kappa shape index (κ3) is 4.03. The second-order valence-corrected chi connectivity index (χ2v) is 7.58. The Morgan fingerprint density at radius 2 is 0.879 bits per heavy atom. The molecular formula is C29H24O4. The van der Waals surface area contributed by atoms with E-state index in [1.54, 1.807) is 0 Å². The van der Waals surface area contributed by atoms with Gasteiger partial charge in [-0.25, -0.2) is 9.59 Å². The molecule has 4 aromatic carbocycles. The number of hydrogen-bond acceptors (Lipinski definition) is 4. The van der Waals surface area contributed by atoms with E-state index in [-0.39, 0.29) is 11.1 Å². The highest BCUT2D eigenvalue weighted by Gasteiger charge is 2.32. The van der Waals surface area contributed by atoms with Gasteiger partial charge in [-0.2, -0.15) is 0 Å². The lowest BCUT2D eigenvalue weighted by Crippen LogP contribution is -2.17. The first-order valence-corrected chi connectivity index (χ1v) is 10.6. The second kappa shape index (κ2) is 9.53. The van der Waals surface area contributed by atoms with Crippen molar-refractivity contribution in [1.29, 1.82) is 0 Å². The molecule has 0 aliphatic rings. The number of carbonyl (C=O) groups is 2. The van der Waals surface area contributed by atoms with E-state index in [0.717, 1.165) is 27.8 Å². The molecule has 4 nitrogen and oxygen atoms in total. The molecule has 0 aliphatic carbocycles. The van der Waals surface area contributed by atoms with E-state index in [2.05, 4.69) is 0 Å². The van der Waals surface area contributed by atoms with Gasteiger partial charge in [-0.05, 0) is 40.3 Å². The Hall–Kier alpha value is -4.18. The Bertz CT molecular complexity index is 1290. The zero-order valence-corrected chi connectivity index (χ0v) is 18.8. The second-order valence-electron chi connectivity index (χ2n) is 7.58. The maximum absolute atomic E-state index is 13.2. The Kier molecular flexibility index (Phi) is 6.36. The molecule has 0 aromatic heterocycles. The molecule has 4 aromatic rings. The Labute approximate surface area is 193 Å². The van der Waals surface area contributed by atoms with Gasteiger partial charge >= 0.3 is 11.9 Å². The Morgan fingerprint density at radius 3 is 1.30 bits per heavy atom. The lowest BCUT2D eigenvalue weighted by molar-refractivity contribution is 0.0555. The highest BCUT2D eigenvalue weighted by molar-refractivity contribution is 6.15. The first-order valence-electron chi connectivity index (χ1n) is 10.6. The van der Waals surface area contributed by atoms with E-state index in [4.69, 9.17) is 9.47 Å². The maximum Gasteiger partial charge on any atom is 0.339 e. The van der Waals surface area contributed by atoms with Crippen LogP contribution >= 0.6 is 0 Å². The molecule has 33 heavy (non-hydrogen) atoms. The van der Waals surface area contributed by atoms with Crippen molar-refractivity contribution in [2.45, 2.75) is 6.92 Å². The van der Waals surface area contributed by atoms with Gasteiger partial charge in [0.15, 0.2) is 0 Å². The third-order valence-corrected chi connectivity index (χ3v) is 5.72. The van der Waals surface area contributed by atoms with E-state index in [9.17, 15) is 9.59 Å². The van der Waals surface area contributed by atoms with Crippen LogP contribution in [0.5, 0.6) is 0 Å². The number of methoxy groups -OCH3 is 2. The Morgan fingerprint density at radius 1 is 0.515 bits per heavy atom. The first kappa shape index (κ1) is 22.0. The van der Waals surface area contributed by atoms with E-state index in [0.29, 0.717) is 11.1 Å². The van der Waals surface area contributed by atoms with Crippen molar-refractivity contribution < 1.29 is 19.1 Å². The number of hydrogen-bond donors (Lipinski definition) is 0. The highest BCUT2D eigenvalue weighted by atomic mass is 16.5. The average Bonchev–Trinajstić information content (AvgIpc) is 2.88. The smallest absolute Gasteiger partial charge is 0.339 e. The summed E-state index contributed by atoms with van der Waals surface area (Å²) in [6, 6.07) is 29.3. The summed E-state index contributed by atoms with van der Waals surface area (Å²) in [5, 5.41) is 0. The molecule has 4 rings (SSSR count). The van der Waals surface area contributed by atoms with Crippen LogP contribution < -0.4 is 0 Å². The molecule has 0 saturated heterocycles. The molecule has 0 bridgehead atoms. The van der Waals surface area contributed by atoms with E-state index in [1.807, 2.05) is 97.9 Å². The normalized spacial score (nSPS) is 10.5. The summed E-state index contributed by atoms with van der Waals surface area (Å²) in [6.07, 6.45) is 0. The maximum atomic E-state index is 13.2. The van der Waals surface area contributed by atoms with Crippen molar-refractivity contribution in [1.82, 2.24) is 0 Å². The van der Waals surface area contributed by atoms with Crippen LogP contribution in [-0.4, -0.2) is 26.2 Å². The number of esters is 2. The lowest BCUT2D eigenvalue weighted by atomic mass is 9.79. The van der Waals surface area contributed by atoms with Crippen LogP contribution in [0.25, 0.3) is 33.4 Å². The van der Waals surface area contributed by atoms with Crippen LogP contribution in [0.3, 0.4) is 0 Å². The molecule has 0 aliphatic heterocycles. The van der Waals surface area contributed by atoms with Crippen molar-refractivity contribution in [3.63, 3.8) is 0 Å². The van der Waals surface area contributed by atoms with E-state index >= 15 is 0 Å². The number of rotatable bonds is 5. The summed E-state index contributed by atoms with van der Waals surface area (Å²) in [7, 11) is 2.64. The zero-order valence-electron chi connectivity index (χ0n) is 18.8. The van der Waals surface area contributed by atoms with Crippen LogP contribution in [0.2, 0.25) is 0 Å². The fourth-order valence-corrected chi connectivity index (χ4v) is 4.29. The van der Waals surface area contributed by atoms with Crippen LogP contribution in [0.15, 0.2) is 91.0 Å². The largest absolute Gasteiger partial charge is 0.465 e. The van der Waals surface area contributed by atoms with Gasteiger partial charge in [0.25, 0.3) is 0 Å². The van der Waals surface area contributed by atoms with Gasteiger partial charge in [-0.1, -0.05) is 91.0 Å². The van der Waals surface area contributed by atoms with Gasteiger partial charge in [0.1, 0.15) is 0 Å². The third-order valence-electron chi connectivity index (χ3n) is 5.72. The molecule has 0 saturated carbocycles. The zero-order chi connectivity index (χ0) is 23.4. The minimum absolute atomic E-state index is 0.201. The average molecular weight is 437 g/mol. The Balaban J connectivity index is 2.30. The van der Waals surface area contributed by atoms with Crippen LogP contribution in [0, 0.1) is 6.92 Å². The van der Waals surface area contributed by atoms with Crippen LogP contribution in [0.1, 0.15) is 26.3 Å². The molecule has 0 fully saturated rings. The predicted octanol–water partition coefficient (Wildman–Crippen LogP) is 6.57. The molecule has 0 spiro atoms. The summed E-state index contributed by atoms with van der Waals surface area (Å²) < 4.78 is 10.3. The van der Waals surface area contributed by atoms with Crippen molar-refractivity contribution in [2.24, 2.45) is 0 Å². The van der Waals surface area contributed by atoms with Crippen molar-refractivity contribution >= 4 is 11.9 Å². The number of ether oxygens (including phenoxy) is 2. The van der Waals surface area contributed by atoms with Gasteiger partial charge in [-0.3, -0.25) is 0 Å². The molecule has 0 unspecified atom stereocenters. The minimum atomic E-state index is -0.589. The number of benzene rings is 4. The predicted molar refractivity (Wildman–Crippen MR) is 130 cm³/mol. The van der Waals surface area contributed by atoms with Gasteiger partial charge in [0.05, 0.1) is 25.3 Å². The fourth-order valence-electron chi connectivity index (χ4n) is 4.29. The summed E-state index contributed by atoms with van der Waals surface area (Å²) >= 11 is 0. The molecule has 0 amide bonds. The number of carbonyl (C=O) groups excluding carboxylic acids is 2. The van der Waals surface area contributed by atoms with Gasteiger partial charge < -0.3 is 9.47 Å². The molecule has 0 heterocycles. The van der Waals surface area contributed by atoms with E-state index in [1.165, 1.54) is 14.2 Å². The fraction of sp³-hybridized carbons (Fsp3) is 0.103. The monoisotopic (exact) mass is 436 g/mol. The van der Waals surface area contributed by atoms with Crippen molar-refractivity contribution in [3.8, 4) is 33.4 Å². The summed E-state index contributed by atoms with van der Waals surface area (Å²) in [6.45, 7) is 1.85. The summed E-state index contributed by atoms with van der Waals surface area (Å²) in [4.78, 5) is 26.3. The van der Waals surface area contributed by atoms with Crippen molar-refractivity contribution in [2.75, 3.05) is 14.2 Å². The molecule has 4 heteroatoms. The highest BCUT2D eigenvalue weighted by Crippen LogP contribution is 2.46. The summed E-state index contributed by atoms with van der Waals surface area (Å²) in [5.41, 5.74) is 6.11. The first-order chi connectivity index (χ1) is 16.1. The SMILES string of the molecule is COC(=O)c1c(C)c(-c2ccccc2)c(-c2ccccc2)c(-c2ccccc2)c1C(=O)OC. The van der Waals surface area contributed by atoms with Gasteiger partial charge in [0, 0.05) is 5.56 Å². The molecule has 0 radical (unpaired) electrons.